The average Bonchev–Trinajstić information content (AvgIpc) is 2.40. The summed E-state index contributed by atoms with van der Waals surface area (Å²) in [6, 6.07) is 8.08. The molecule has 0 heterocycles. The number of nitrogens with two attached hydrogens (primary N) is 1. The lowest BCUT2D eigenvalue weighted by Crippen LogP contribution is -2.20. The molecule has 0 aliphatic rings. The zero-order valence-electron chi connectivity index (χ0n) is 11.6. The summed E-state index contributed by atoms with van der Waals surface area (Å²) in [6.45, 7) is 1.59. The molecule has 0 bridgehead atoms. The van der Waals surface area contributed by atoms with Crippen LogP contribution in [0.25, 0.3) is 0 Å². The predicted molar refractivity (Wildman–Crippen MR) is 91.2 cm³/mol. The SMILES string of the molecule is Cc1cc(Cl)cc(Cl)c1OCC(=O)Nc1ccc(N)cc1Cl. The number of anilines is 2. The van der Waals surface area contributed by atoms with Gasteiger partial charge in [0, 0.05) is 10.7 Å². The number of benzene rings is 2. The second-order valence-corrected chi connectivity index (χ2v) is 5.86. The Kier molecular flexibility index (Phi) is 5.40. The normalized spacial score (nSPS) is 10.4. The number of nitrogens with one attached hydrogen (secondary N) is 1. The fraction of sp³-hybridized carbons (Fsp3) is 0.133. The highest BCUT2D eigenvalue weighted by molar-refractivity contribution is 6.35. The van der Waals surface area contributed by atoms with Crippen LogP contribution in [0.1, 0.15) is 5.56 Å². The highest BCUT2D eigenvalue weighted by Crippen LogP contribution is 2.32. The third-order valence-corrected chi connectivity index (χ3v) is 3.62. The Hall–Kier alpha value is -1.62. The molecule has 2 aromatic rings. The largest absolute Gasteiger partial charge is 0.482 e. The highest BCUT2D eigenvalue weighted by Gasteiger charge is 2.11. The number of hydrogen-bond donors (Lipinski definition) is 2. The Morgan fingerprint density at radius 1 is 1.18 bits per heavy atom. The van der Waals surface area contributed by atoms with Crippen LogP contribution in [0.3, 0.4) is 0 Å². The number of ether oxygens (including phenoxy) is 1. The third-order valence-electron chi connectivity index (χ3n) is 2.81. The molecule has 0 fully saturated rings. The van der Waals surface area contributed by atoms with Gasteiger partial charge in [0.05, 0.1) is 15.7 Å². The quantitative estimate of drug-likeness (QED) is 0.787. The zero-order chi connectivity index (χ0) is 16.3. The average molecular weight is 360 g/mol. The Morgan fingerprint density at radius 3 is 2.55 bits per heavy atom. The number of amides is 1. The van der Waals surface area contributed by atoms with Crippen molar-refractivity contribution >= 4 is 52.1 Å². The Balaban J connectivity index is 2.02. The molecule has 0 aliphatic heterocycles. The number of carbonyl (C=O) groups is 1. The van der Waals surface area contributed by atoms with Crippen LogP contribution >= 0.6 is 34.8 Å². The molecule has 2 aromatic carbocycles. The predicted octanol–water partition coefficient (Wildman–Crippen LogP) is 4.55. The first-order chi connectivity index (χ1) is 10.4. The van der Waals surface area contributed by atoms with Crippen LogP contribution in [-0.2, 0) is 4.79 Å². The van der Waals surface area contributed by atoms with Crippen LogP contribution in [-0.4, -0.2) is 12.5 Å². The van der Waals surface area contributed by atoms with E-state index in [9.17, 15) is 4.79 Å². The maximum Gasteiger partial charge on any atom is 0.262 e. The van der Waals surface area contributed by atoms with Gasteiger partial charge >= 0.3 is 0 Å². The Morgan fingerprint density at radius 2 is 1.91 bits per heavy atom. The fourth-order valence-corrected chi connectivity index (χ4v) is 2.71. The van der Waals surface area contributed by atoms with Gasteiger partial charge in [0.2, 0.25) is 0 Å². The molecular weight excluding hydrogens is 347 g/mol. The molecule has 3 N–H and O–H groups in total. The molecule has 1 amide bonds. The summed E-state index contributed by atoms with van der Waals surface area (Å²) in [6.07, 6.45) is 0. The number of rotatable bonds is 4. The summed E-state index contributed by atoms with van der Waals surface area (Å²) < 4.78 is 5.45. The lowest BCUT2D eigenvalue weighted by molar-refractivity contribution is -0.118. The summed E-state index contributed by atoms with van der Waals surface area (Å²) in [5, 5.41) is 3.85. The van der Waals surface area contributed by atoms with E-state index < -0.39 is 0 Å². The van der Waals surface area contributed by atoms with Gasteiger partial charge in [-0.2, -0.15) is 0 Å². The van der Waals surface area contributed by atoms with E-state index in [0.29, 0.717) is 32.2 Å². The van der Waals surface area contributed by atoms with E-state index in [4.69, 9.17) is 45.3 Å². The van der Waals surface area contributed by atoms with Crippen molar-refractivity contribution in [1.82, 2.24) is 0 Å². The van der Waals surface area contributed by atoms with E-state index >= 15 is 0 Å². The molecule has 4 nitrogen and oxygen atoms in total. The van der Waals surface area contributed by atoms with Crippen LogP contribution in [0.15, 0.2) is 30.3 Å². The molecule has 7 heteroatoms. The van der Waals surface area contributed by atoms with Crippen molar-refractivity contribution in [1.29, 1.82) is 0 Å². The second kappa shape index (κ2) is 7.09. The van der Waals surface area contributed by atoms with Crippen molar-refractivity contribution in [3.05, 3.63) is 51.0 Å². The second-order valence-electron chi connectivity index (χ2n) is 4.61. The molecule has 2 rings (SSSR count). The number of nitrogen functional groups attached to an aromatic ring is 1. The van der Waals surface area contributed by atoms with E-state index in [1.165, 1.54) is 0 Å². The number of halogens is 3. The lowest BCUT2D eigenvalue weighted by Gasteiger charge is -2.12. The molecule has 0 unspecified atom stereocenters. The zero-order valence-corrected chi connectivity index (χ0v) is 13.9. The van der Waals surface area contributed by atoms with Crippen LogP contribution < -0.4 is 15.8 Å². The minimum Gasteiger partial charge on any atom is -0.482 e. The van der Waals surface area contributed by atoms with E-state index in [-0.39, 0.29) is 12.5 Å². The van der Waals surface area contributed by atoms with Crippen LogP contribution in [0.5, 0.6) is 5.75 Å². The van der Waals surface area contributed by atoms with Gasteiger partial charge in [0.15, 0.2) is 6.61 Å². The van der Waals surface area contributed by atoms with Crippen molar-refractivity contribution in [2.45, 2.75) is 6.92 Å². The molecule has 0 saturated carbocycles. The highest BCUT2D eigenvalue weighted by atomic mass is 35.5. The van der Waals surface area contributed by atoms with Gasteiger partial charge in [0.25, 0.3) is 5.91 Å². The summed E-state index contributed by atoms with van der Waals surface area (Å²) in [4.78, 5) is 11.9. The number of hydrogen-bond acceptors (Lipinski definition) is 3. The molecular formula is C15H13Cl3N2O2. The minimum atomic E-state index is -0.364. The van der Waals surface area contributed by atoms with Crippen LogP contribution in [0, 0.1) is 6.92 Å². The van der Waals surface area contributed by atoms with E-state index in [2.05, 4.69) is 5.32 Å². The van der Waals surface area contributed by atoms with Crippen molar-refractivity contribution in [2.24, 2.45) is 0 Å². The Bertz CT molecular complexity index is 697. The van der Waals surface area contributed by atoms with Gasteiger partial charge in [-0.05, 0) is 42.8 Å². The molecule has 0 aromatic heterocycles. The molecule has 116 valence electrons. The molecule has 22 heavy (non-hydrogen) atoms. The van der Waals surface area contributed by atoms with Gasteiger partial charge in [-0.1, -0.05) is 34.8 Å². The van der Waals surface area contributed by atoms with Crippen LogP contribution in [0.4, 0.5) is 11.4 Å². The molecule has 0 spiro atoms. The first kappa shape index (κ1) is 16.7. The molecule has 0 atom stereocenters. The van der Waals surface area contributed by atoms with Crippen molar-refractivity contribution < 1.29 is 9.53 Å². The Labute approximate surface area is 143 Å². The lowest BCUT2D eigenvalue weighted by atomic mass is 10.2. The third kappa shape index (κ3) is 4.19. The van der Waals surface area contributed by atoms with E-state index in [1.807, 2.05) is 0 Å². The van der Waals surface area contributed by atoms with Crippen molar-refractivity contribution in [3.8, 4) is 5.75 Å². The van der Waals surface area contributed by atoms with Crippen molar-refractivity contribution in [2.75, 3.05) is 17.7 Å². The van der Waals surface area contributed by atoms with Gasteiger partial charge in [-0.15, -0.1) is 0 Å². The fourth-order valence-electron chi connectivity index (χ4n) is 1.83. The molecule has 0 aliphatic carbocycles. The first-order valence-electron chi connectivity index (χ1n) is 6.30. The smallest absolute Gasteiger partial charge is 0.262 e. The van der Waals surface area contributed by atoms with Gasteiger partial charge in [-0.25, -0.2) is 0 Å². The van der Waals surface area contributed by atoms with Gasteiger partial charge in [0.1, 0.15) is 5.75 Å². The molecule has 0 radical (unpaired) electrons. The standard InChI is InChI=1S/C15H13Cl3N2O2/c1-8-4-9(16)5-12(18)15(8)22-7-14(21)20-13-3-2-10(19)6-11(13)17/h2-6H,7,19H2,1H3,(H,20,21). The van der Waals surface area contributed by atoms with Gasteiger partial charge < -0.3 is 15.8 Å². The van der Waals surface area contributed by atoms with E-state index in [0.717, 1.165) is 5.56 Å². The maximum absolute atomic E-state index is 11.9. The topological polar surface area (TPSA) is 64.3 Å². The summed E-state index contributed by atoms with van der Waals surface area (Å²) in [5.74, 6) is 0.0571. The maximum atomic E-state index is 11.9. The first-order valence-corrected chi connectivity index (χ1v) is 7.43. The van der Waals surface area contributed by atoms with Crippen LogP contribution in [0.2, 0.25) is 15.1 Å². The van der Waals surface area contributed by atoms with E-state index in [1.54, 1.807) is 37.3 Å². The minimum absolute atomic E-state index is 0.205. The number of carbonyl (C=O) groups excluding carboxylic acids is 1. The monoisotopic (exact) mass is 358 g/mol. The molecule has 0 saturated heterocycles. The summed E-state index contributed by atoms with van der Waals surface area (Å²) >= 11 is 17.9. The number of aryl methyl sites for hydroxylation is 1. The summed E-state index contributed by atoms with van der Waals surface area (Å²) in [5.41, 5.74) is 7.32. The van der Waals surface area contributed by atoms with Crippen molar-refractivity contribution in [3.63, 3.8) is 0 Å². The van der Waals surface area contributed by atoms with Gasteiger partial charge in [-0.3, -0.25) is 4.79 Å². The summed E-state index contributed by atoms with van der Waals surface area (Å²) in [7, 11) is 0.